The molecule has 0 saturated heterocycles. The molecule has 2 unspecified atom stereocenters. The maximum absolute atomic E-state index is 14.2. The van der Waals surface area contributed by atoms with Crippen molar-refractivity contribution in [2.24, 2.45) is 5.73 Å². The van der Waals surface area contributed by atoms with Crippen LogP contribution in [0.3, 0.4) is 0 Å². The number of hydrogen-bond acceptors (Lipinski definition) is 7. The topological polar surface area (TPSA) is 104 Å². The van der Waals surface area contributed by atoms with Crippen molar-refractivity contribution < 1.29 is 31.7 Å². The van der Waals surface area contributed by atoms with Gasteiger partial charge in [0, 0.05) is 16.7 Å². The number of methoxy groups -OCH3 is 1. The molecule has 1 fully saturated rings. The van der Waals surface area contributed by atoms with Crippen molar-refractivity contribution in [3.05, 3.63) is 70.8 Å². The summed E-state index contributed by atoms with van der Waals surface area (Å²) in [6, 6.07) is 14.0. The van der Waals surface area contributed by atoms with Gasteiger partial charge in [0.15, 0.2) is 17.2 Å². The standard InChI is InChI=1S/C28H24F3N3O4/c1-36-26(35)27(32)12-11-18(14-27)16-7-9-19-17(13-16)8-10-20-22(19)33-38-25(20)23-21(28(29,30)31)24(37-34-23)15-5-3-2-4-6-15/h2-7,9,13,18H,8,10-12,14,32H2,1H3. The van der Waals surface area contributed by atoms with Crippen molar-refractivity contribution in [1.82, 2.24) is 10.3 Å². The first kappa shape index (κ1) is 24.4. The number of carbonyl (C=O) groups excluding carboxylic acids is 1. The third-order valence-electron chi connectivity index (χ3n) is 7.66. The molecule has 4 aromatic rings. The number of ether oxygens (including phenoxy) is 1. The predicted octanol–water partition coefficient (Wildman–Crippen LogP) is 5.92. The molecule has 2 aliphatic carbocycles. The molecule has 0 bridgehead atoms. The lowest BCUT2D eigenvalue weighted by Crippen LogP contribution is -2.46. The van der Waals surface area contributed by atoms with Crippen molar-refractivity contribution in [1.29, 1.82) is 0 Å². The number of nitrogens with zero attached hydrogens (tertiary/aromatic N) is 2. The molecule has 0 radical (unpaired) electrons. The van der Waals surface area contributed by atoms with Gasteiger partial charge >= 0.3 is 12.1 Å². The molecule has 10 heteroatoms. The smallest absolute Gasteiger partial charge is 0.422 e. The number of rotatable bonds is 4. The van der Waals surface area contributed by atoms with E-state index in [9.17, 15) is 18.0 Å². The normalized spacial score (nSPS) is 20.7. The third-order valence-corrected chi connectivity index (χ3v) is 7.66. The number of halogens is 3. The summed E-state index contributed by atoms with van der Waals surface area (Å²) < 4.78 is 58.2. The Morgan fingerprint density at radius 3 is 2.53 bits per heavy atom. The van der Waals surface area contributed by atoms with Crippen molar-refractivity contribution in [2.75, 3.05) is 7.11 Å². The molecule has 2 aliphatic rings. The third kappa shape index (κ3) is 3.91. The second-order valence-corrected chi connectivity index (χ2v) is 9.94. The van der Waals surface area contributed by atoms with Crippen LogP contribution in [-0.2, 0) is 28.5 Å². The minimum absolute atomic E-state index is 0.0326. The molecule has 2 aromatic carbocycles. The number of aryl methyl sites for hydroxylation is 1. The fourth-order valence-corrected chi connectivity index (χ4v) is 5.75. The van der Waals surface area contributed by atoms with Crippen molar-refractivity contribution in [3.8, 4) is 34.0 Å². The van der Waals surface area contributed by atoms with Gasteiger partial charge in [-0.2, -0.15) is 13.2 Å². The Labute approximate surface area is 215 Å². The Morgan fingerprint density at radius 2 is 1.79 bits per heavy atom. The van der Waals surface area contributed by atoms with Gasteiger partial charge in [-0.15, -0.1) is 0 Å². The number of hydrogen-bond donors (Lipinski definition) is 1. The quantitative estimate of drug-likeness (QED) is 0.331. The fraction of sp³-hybridized carbons (Fsp3) is 0.321. The first-order valence-electron chi connectivity index (χ1n) is 12.3. The molecule has 1 saturated carbocycles. The molecule has 38 heavy (non-hydrogen) atoms. The average Bonchev–Trinajstić information content (AvgIpc) is 3.65. The van der Waals surface area contributed by atoms with Gasteiger partial charge in [0.25, 0.3) is 0 Å². The highest BCUT2D eigenvalue weighted by Crippen LogP contribution is 2.47. The fourth-order valence-electron chi connectivity index (χ4n) is 5.75. The van der Waals surface area contributed by atoms with Crippen LogP contribution < -0.4 is 5.73 Å². The Bertz CT molecular complexity index is 1530. The van der Waals surface area contributed by atoms with E-state index in [1.807, 2.05) is 12.1 Å². The largest absolute Gasteiger partial charge is 0.468 e. The van der Waals surface area contributed by atoms with Crippen LogP contribution in [0.4, 0.5) is 13.2 Å². The Balaban J connectivity index is 1.35. The summed E-state index contributed by atoms with van der Waals surface area (Å²) in [7, 11) is 1.34. The summed E-state index contributed by atoms with van der Waals surface area (Å²) in [4.78, 5) is 12.1. The molecule has 2 N–H and O–H groups in total. The summed E-state index contributed by atoms with van der Waals surface area (Å²) in [5, 5.41) is 7.95. The van der Waals surface area contributed by atoms with Crippen LogP contribution in [0, 0.1) is 0 Å². The SMILES string of the molecule is COC(=O)C1(N)CCC(c2ccc3c(c2)CCc2c-3noc2-c2noc(-c3ccccc3)c2C(F)(F)F)C1. The molecule has 0 amide bonds. The molecule has 0 aliphatic heterocycles. The Kier molecular flexibility index (Phi) is 5.68. The maximum Gasteiger partial charge on any atom is 0.422 e. The lowest BCUT2D eigenvalue weighted by molar-refractivity contribution is -0.146. The maximum atomic E-state index is 14.2. The molecular weight excluding hydrogens is 499 g/mol. The van der Waals surface area contributed by atoms with Crippen molar-refractivity contribution >= 4 is 5.97 Å². The van der Waals surface area contributed by atoms with Gasteiger partial charge in [-0.3, -0.25) is 4.79 Å². The van der Waals surface area contributed by atoms with Crippen LogP contribution in [0.2, 0.25) is 0 Å². The van der Waals surface area contributed by atoms with Gasteiger partial charge in [0.2, 0.25) is 0 Å². The average molecular weight is 524 g/mol. The number of esters is 1. The van der Waals surface area contributed by atoms with Gasteiger partial charge < -0.3 is 19.5 Å². The van der Waals surface area contributed by atoms with Crippen molar-refractivity contribution in [3.63, 3.8) is 0 Å². The van der Waals surface area contributed by atoms with Crippen LogP contribution in [0.15, 0.2) is 57.6 Å². The molecule has 2 aromatic heterocycles. The number of fused-ring (bicyclic) bond motifs is 3. The highest BCUT2D eigenvalue weighted by Gasteiger charge is 2.45. The van der Waals surface area contributed by atoms with E-state index in [2.05, 4.69) is 16.4 Å². The molecule has 2 atom stereocenters. The second kappa shape index (κ2) is 8.83. The second-order valence-electron chi connectivity index (χ2n) is 9.94. The number of aromatic nitrogens is 2. The lowest BCUT2D eigenvalue weighted by Gasteiger charge is -2.22. The van der Waals surface area contributed by atoms with E-state index < -0.39 is 28.9 Å². The van der Waals surface area contributed by atoms with E-state index in [0.717, 1.165) is 23.1 Å². The van der Waals surface area contributed by atoms with Gasteiger partial charge in [0.05, 0.1) is 7.11 Å². The molecule has 7 nitrogen and oxygen atoms in total. The molecular formula is C28H24F3N3O4. The molecule has 6 rings (SSSR count). The van der Waals surface area contributed by atoms with E-state index in [-0.39, 0.29) is 23.0 Å². The molecule has 0 spiro atoms. The van der Waals surface area contributed by atoms with E-state index in [4.69, 9.17) is 19.5 Å². The minimum atomic E-state index is -4.72. The number of benzene rings is 2. The summed E-state index contributed by atoms with van der Waals surface area (Å²) in [6.07, 6.45) is -1.89. The van der Waals surface area contributed by atoms with E-state index in [0.29, 0.717) is 36.9 Å². The van der Waals surface area contributed by atoms with Gasteiger partial charge in [-0.1, -0.05) is 58.8 Å². The van der Waals surface area contributed by atoms with Gasteiger partial charge in [0.1, 0.15) is 16.8 Å². The van der Waals surface area contributed by atoms with E-state index >= 15 is 0 Å². The van der Waals surface area contributed by atoms with E-state index in [1.165, 1.54) is 19.2 Å². The molecule has 2 heterocycles. The van der Waals surface area contributed by atoms with Gasteiger partial charge in [-0.05, 0) is 49.1 Å². The zero-order chi connectivity index (χ0) is 26.7. The van der Waals surface area contributed by atoms with Crippen LogP contribution in [0.25, 0.3) is 34.0 Å². The molecule has 196 valence electrons. The van der Waals surface area contributed by atoms with Crippen LogP contribution in [-0.4, -0.2) is 28.9 Å². The summed E-state index contributed by atoms with van der Waals surface area (Å²) in [6.45, 7) is 0. The number of nitrogens with two attached hydrogens (primary N) is 1. The minimum Gasteiger partial charge on any atom is -0.468 e. The van der Waals surface area contributed by atoms with Crippen LogP contribution in [0.1, 0.15) is 47.4 Å². The van der Waals surface area contributed by atoms with Crippen molar-refractivity contribution in [2.45, 2.75) is 49.7 Å². The first-order valence-corrected chi connectivity index (χ1v) is 12.3. The highest BCUT2D eigenvalue weighted by atomic mass is 19.4. The van der Waals surface area contributed by atoms with Crippen LogP contribution in [0.5, 0.6) is 0 Å². The summed E-state index contributed by atoms with van der Waals surface area (Å²) in [5.41, 5.74) is 8.13. The first-order chi connectivity index (χ1) is 18.2. The Hall–Kier alpha value is -3.92. The number of alkyl halides is 3. The highest BCUT2D eigenvalue weighted by molar-refractivity contribution is 5.81. The van der Waals surface area contributed by atoms with Gasteiger partial charge in [-0.25, -0.2) is 0 Å². The monoisotopic (exact) mass is 523 g/mol. The number of carbonyl (C=O) groups is 1. The zero-order valence-electron chi connectivity index (χ0n) is 20.5. The zero-order valence-corrected chi connectivity index (χ0v) is 20.5. The predicted molar refractivity (Wildman–Crippen MR) is 131 cm³/mol. The Morgan fingerprint density at radius 1 is 1.05 bits per heavy atom. The summed E-state index contributed by atoms with van der Waals surface area (Å²) >= 11 is 0. The van der Waals surface area contributed by atoms with Crippen LogP contribution >= 0.6 is 0 Å². The lowest BCUT2D eigenvalue weighted by atomic mass is 9.84. The summed E-state index contributed by atoms with van der Waals surface area (Å²) in [5.74, 6) is -0.688. The van der Waals surface area contributed by atoms with E-state index in [1.54, 1.807) is 18.2 Å².